The summed E-state index contributed by atoms with van der Waals surface area (Å²) in [6.45, 7) is 2.89. The second-order valence-electron chi connectivity index (χ2n) is 5.68. The Kier molecular flexibility index (Phi) is 3.65. The molecule has 1 aliphatic rings. The summed E-state index contributed by atoms with van der Waals surface area (Å²) in [5.74, 6) is 1.47. The zero-order valence-corrected chi connectivity index (χ0v) is 13.3. The van der Waals surface area contributed by atoms with Gasteiger partial charge in [0, 0.05) is 24.3 Å². The number of hydrogen-bond acceptors (Lipinski definition) is 6. The molecule has 0 amide bonds. The van der Waals surface area contributed by atoms with Crippen LogP contribution in [0.15, 0.2) is 34.2 Å². The third kappa shape index (κ3) is 2.54. The lowest BCUT2D eigenvalue weighted by molar-refractivity contribution is 0.190. The molecule has 114 valence electrons. The van der Waals surface area contributed by atoms with Crippen molar-refractivity contribution in [2.24, 2.45) is 0 Å². The Hall–Kier alpha value is -1.76. The molecule has 1 N–H and O–H groups in total. The first kappa shape index (κ1) is 13.9. The fourth-order valence-corrected chi connectivity index (χ4v) is 3.86. The summed E-state index contributed by atoms with van der Waals surface area (Å²) in [7, 11) is 2.11. The molecule has 6 heteroatoms. The van der Waals surface area contributed by atoms with Gasteiger partial charge in [-0.3, -0.25) is 4.90 Å². The van der Waals surface area contributed by atoms with Crippen LogP contribution in [0, 0.1) is 0 Å². The first-order valence-electron chi connectivity index (χ1n) is 7.50. The Morgan fingerprint density at radius 2 is 2.32 bits per heavy atom. The number of fused-ring (bicyclic) bond motifs is 1. The standard InChI is InChI=1S/C16H18N4OS/c1-20-7-6-17-9-13(20)16-18-15(21-19-16)8-11-10-22-14-5-3-2-4-12(11)14/h2-5,10,13,17H,6-9H2,1H3. The molecule has 0 saturated carbocycles. The molecule has 3 aromatic rings. The monoisotopic (exact) mass is 314 g/mol. The number of nitrogens with one attached hydrogen (secondary N) is 1. The van der Waals surface area contributed by atoms with E-state index in [0.717, 1.165) is 25.5 Å². The first-order chi connectivity index (χ1) is 10.8. The number of likely N-dealkylation sites (N-methyl/N-ethyl adjacent to an activating group) is 1. The molecule has 1 saturated heterocycles. The largest absolute Gasteiger partial charge is 0.339 e. The van der Waals surface area contributed by atoms with E-state index in [0.29, 0.717) is 12.3 Å². The maximum atomic E-state index is 5.48. The topological polar surface area (TPSA) is 54.2 Å². The quantitative estimate of drug-likeness (QED) is 0.805. The minimum Gasteiger partial charge on any atom is -0.339 e. The van der Waals surface area contributed by atoms with E-state index in [1.165, 1.54) is 15.6 Å². The molecule has 22 heavy (non-hydrogen) atoms. The van der Waals surface area contributed by atoms with Crippen molar-refractivity contribution in [3.05, 3.63) is 46.9 Å². The Balaban J connectivity index is 1.57. The van der Waals surface area contributed by atoms with Gasteiger partial charge in [-0.05, 0) is 29.4 Å². The van der Waals surface area contributed by atoms with Crippen LogP contribution in [0.4, 0.5) is 0 Å². The van der Waals surface area contributed by atoms with Gasteiger partial charge in [0.15, 0.2) is 5.82 Å². The summed E-state index contributed by atoms with van der Waals surface area (Å²) < 4.78 is 6.78. The number of nitrogens with zero attached hydrogens (tertiary/aromatic N) is 3. The molecule has 4 rings (SSSR count). The molecule has 1 unspecified atom stereocenters. The fraction of sp³-hybridized carbons (Fsp3) is 0.375. The van der Waals surface area contributed by atoms with E-state index in [1.807, 2.05) is 0 Å². The van der Waals surface area contributed by atoms with Gasteiger partial charge in [0.05, 0.1) is 12.5 Å². The zero-order valence-electron chi connectivity index (χ0n) is 12.5. The van der Waals surface area contributed by atoms with Crippen molar-refractivity contribution in [2.45, 2.75) is 12.5 Å². The lowest BCUT2D eigenvalue weighted by Gasteiger charge is -2.30. The lowest BCUT2D eigenvalue weighted by Crippen LogP contribution is -2.44. The van der Waals surface area contributed by atoms with Gasteiger partial charge in [-0.1, -0.05) is 23.4 Å². The summed E-state index contributed by atoms with van der Waals surface area (Å²) in [6, 6.07) is 8.63. The number of rotatable bonds is 3. The van der Waals surface area contributed by atoms with E-state index >= 15 is 0 Å². The SMILES string of the molecule is CN1CCNCC1c1noc(Cc2csc3ccccc23)n1. The Morgan fingerprint density at radius 1 is 1.41 bits per heavy atom. The Morgan fingerprint density at radius 3 is 3.23 bits per heavy atom. The highest BCUT2D eigenvalue weighted by Crippen LogP contribution is 2.27. The van der Waals surface area contributed by atoms with E-state index in [4.69, 9.17) is 4.52 Å². The number of hydrogen-bond donors (Lipinski definition) is 1. The third-order valence-electron chi connectivity index (χ3n) is 4.20. The van der Waals surface area contributed by atoms with Gasteiger partial charge in [-0.2, -0.15) is 4.98 Å². The van der Waals surface area contributed by atoms with Crippen LogP contribution in [-0.2, 0) is 6.42 Å². The predicted molar refractivity (Wildman–Crippen MR) is 87.2 cm³/mol. The normalized spacial score (nSPS) is 19.8. The van der Waals surface area contributed by atoms with Gasteiger partial charge in [0.1, 0.15) is 0 Å². The molecule has 1 aliphatic heterocycles. The molecule has 0 radical (unpaired) electrons. The molecule has 2 aromatic heterocycles. The number of aromatic nitrogens is 2. The zero-order chi connectivity index (χ0) is 14.9. The van der Waals surface area contributed by atoms with E-state index in [-0.39, 0.29) is 6.04 Å². The molecular weight excluding hydrogens is 296 g/mol. The first-order valence-corrected chi connectivity index (χ1v) is 8.38. The Bertz CT molecular complexity index is 781. The molecule has 3 heterocycles. The molecule has 5 nitrogen and oxygen atoms in total. The number of thiophene rings is 1. The van der Waals surface area contributed by atoms with Crippen molar-refractivity contribution >= 4 is 21.4 Å². The molecule has 0 bridgehead atoms. The van der Waals surface area contributed by atoms with Gasteiger partial charge < -0.3 is 9.84 Å². The summed E-state index contributed by atoms with van der Waals surface area (Å²) in [5, 5.41) is 11.0. The van der Waals surface area contributed by atoms with Crippen molar-refractivity contribution in [1.82, 2.24) is 20.4 Å². The fourth-order valence-electron chi connectivity index (χ4n) is 2.90. The van der Waals surface area contributed by atoms with Crippen molar-refractivity contribution in [2.75, 3.05) is 26.7 Å². The van der Waals surface area contributed by atoms with Crippen LogP contribution < -0.4 is 5.32 Å². The van der Waals surface area contributed by atoms with Gasteiger partial charge in [0.2, 0.25) is 5.89 Å². The van der Waals surface area contributed by atoms with Crippen LogP contribution in [-0.4, -0.2) is 41.7 Å². The van der Waals surface area contributed by atoms with Crippen molar-refractivity contribution in [1.29, 1.82) is 0 Å². The maximum absolute atomic E-state index is 5.48. The molecule has 1 fully saturated rings. The average molecular weight is 314 g/mol. The molecule has 1 atom stereocenters. The minimum atomic E-state index is 0.200. The van der Waals surface area contributed by atoms with Crippen molar-refractivity contribution < 1.29 is 4.52 Å². The molecule has 0 spiro atoms. The van der Waals surface area contributed by atoms with E-state index in [1.54, 1.807) is 11.3 Å². The second-order valence-corrected chi connectivity index (χ2v) is 6.59. The Labute approximate surface area is 132 Å². The third-order valence-corrected chi connectivity index (χ3v) is 5.21. The van der Waals surface area contributed by atoms with E-state index in [9.17, 15) is 0 Å². The number of piperazine rings is 1. The van der Waals surface area contributed by atoms with E-state index in [2.05, 4.69) is 57.1 Å². The second kappa shape index (κ2) is 5.79. The van der Waals surface area contributed by atoms with Gasteiger partial charge in [0.25, 0.3) is 0 Å². The molecular formula is C16H18N4OS. The molecule has 1 aromatic carbocycles. The maximum Gasteiger partial charge on any atom is 0.231 e. The van der Waals surface area contributed by atoms with Crippen LogP contribution >= 0.6 is 11.3 Å². The smallest absolute Gasteiger partial charge is 0.231 e. The average Bonchev–Trinajstić information content (AvgIpc) is 3.16. The van der Waals surface area contributed by atoms with Crippen LogP contribution in [0.25, 0.3) is 10.1 Å². The van der Waals surface area contributed by atoms with Gasteiger partial charge in [-0.15, -0.1) is 11.3 Å². The summed E-state index contributed by atoms with van der Waals surface area (Å²) >= 11 is 1.76. The minimum absolute atomic E-state index is 0.200. The summed E-state index contributed by atoms with van der Waals surface area (Å²) in [4.78, 5) is 6.88. The van der Waals surface area contributed by atoms with Crippen LogP contribution in [0.2, 0.25) is 0 Å². The summed E-state index contributed by atoms with van der Waals surface area (Å²) in [5.41, 5.74) is 1.26. The molecule has 0 aliphatic carbocycles. The predicted octanol–water partition coefficient (Wildman–Crippen LogP) is 2.45. The van der Waals surface area contributed by atoms with Crippen molar-refractivity contribution in [3.63, 3.8) is 0 Å². The van der Waals surface area contributed by atoms with Gasteiger partial charge in [-0.25, -0.2) is 0 Å². The number of benzene rings is 1. The van der Waals surface area contributed by atoms with Crippen LogP contribution in [0.5, 0.6) is 0 Å². The van der Waals surface area contributed by atoms with Crippen molar-refractivity contribution in [3.8, 4) is 0 Å². The summed E-state index contributed by atoms with van der Waals surface area (Å²) in [6.07, 6.45) is 0.695. The highest BCUT2D eigenvalue weighted by atomic mass is 32.1. The van der Waals surface area contributed by atoms with Gasteiger partial charge >= 0.3 is 0 Å². The van der Waals surface area contributed by atoms with E-state index < -0.39 is 0 Å². The lowest BCUT2D eigenvalue weighted by atomic mass is 10.1. The van der Waals surface area contributed by atoms with Crippen LogP contribution in [0.1, 0.15) is 23.3 Å². The van der Waals surface area contributed by atoms with Crippen LogP contribution in [0.3, 0.4) is 0 Å². The highest BCUT2D eigenvalue weighted by molar-refractivity contribution is 7.17. The highest BCUT2D eigenvalue weighted by Gasteiger charge is 2.25.